The van der Waals surface area contributed by atoms with Crippen molar-refractivity contribution in [3.8, 4) is 0 Å². The van der Waals surface area contributed by atoms with E-state index < -0.39 is 12.1 Å². The second-order valence-corrected chi connectivity index (χ2v) is 23.1. The standard InChI is InChI=1S/C70H131NO5/c1-3-5-7-9-11-13-15-38-42-46-50-54-58-62-68(73)67(66-72)71-69(74)63-59-55-51-47-43-40-36-34-32-30-28-26-24-22-20-18-17-19-21-23-25-27-29-31-33-35-37-41-45-49-53-57-61-65-76-70(75)64-60-56-52-48-44-39-16-14-12-10-8-6-4-2/h14,16,21,23,27,29,58,62,67-68,72-73H,3-13,15,17-20,22,24-26,28,30-57,59-61,63-66H2,1-2H3,(H,71,74)/b16-14-,23-21-,29-27-,62-58+. The summed E-state index contributed by atoms with van der Waals surface area (Å²) in [5.74, 6) is -0.0610. The second kappa shape index (κ2) is 65.3. The van der Waals surface area contributed by atoms with Crippen LogP contribution in [0.15, 0.2) is 48.6 Å². The van der Waals surface area contributed by atoms with Crippen molar-refractivity contribution in [3.05, 3.63) is 48.6 Å². The number of rotatable bonds is 63. The molecule has 0 aliphatic heterocycles. The van der Waals surface area contributed by atoms with E-state index in [-0.39, 0.29) is 18.5 Å². The fourth-order valence-corrected chi connectivity index (χ4v) is 10.4. The summed E-state index contributed by atoms with van der Waals surface area (Å²) in [5, 5.41) is 23.1. The van der Waals surface area contributed by atoms with Gasteiger partial charge < -0.3 is 20.3 Å². The Hall–Kier alpha value is -2.18. The lowest BCUT2D eigenvalue weighted by Crippen LogP contribution is -2.45. The van der Waals surface area contributed by atoms with Crippen LogP contribution in [0.2, 0.25) is 0 Å². The number of unbranched alkanes of at least 4 members (excludes halogenated alkanes) is 46. The summed E-state index contributed by atoms with van der Waals surface area (Å²) in [4.78, 5) is 24.5. The van der Waals surface area contributed by atoms with Crippen LogP contribution in [0.4, 0.5) is 0 Å². The summed E-state index contributed by atoms with van der Waals surface area (Å²) in [6, 6.07) is -0.626. The van der Waals surface area contributed by atoms with E-state index in [1.165, 1.54) is 283 Å². The quantitative estimate of drug-likeness (QED) is 0.0320. The van der Waals surface area contributed by atoms with Gasteiger partial charge in [-0.25, -0.2) is 0 Å². The molecule has 6 heteroatoms. The van der Waals surface area contributed by atoms with Gasteiger partial charge in [0, 0.05) is 12.8 Å². The Morgan fingerprint density at radius 3 is 1.03 bits per heavy atom. The summed E-state index contributed by atoms with van der Waals surface area (Å²) in [7, 11) is 0. The van der Waals surface area contributed by atoms with Gasteiger partial charge in [-0.05, 0) is 89.9 Å². The molecule has 0 aliphatic rings. The van der Waals surface area contributed by atoms with E-state index in [4.69, 9.17) is 4.74 Å². The Morgan fingerprint density at radius 1 is 0.368 bits per heavy atom. The molecule has 0 heterocycles. The number of carbonyl (C=O) groups is 2. The Bertz CT molecular complexity index is 1270. The van der Waals surface area contributed by atoms with Gasteiger partial charge in [-0.15, -0.1) is 0 Å². The normalized spacial score (nSPS) is 12.8. The molecular formula is C70H131NO5. The molecule has 0 aromatic heterocycles. The number of aliphatic hydroxyl groups is 2. The number of nitrogens with one attached hydrogen (secondary N) is 1. The van der Waals surface area contributed by atoms with Gasteiger partial charge in [0.25, 0.3) is 0 Å². The van der Waals surface area contributed by atoms with Gasteiger partial charge in [0.05, 0.1) is 25.4 Å². The molecule has 2 unspecified atom stereocenters. The number of ether oxygens (including phenoxy) is 1. The Morgan fingerprint density at radius 2 is 0.658 bits per heavy atom. The van der Waals surface area contributed by atoms with E-state index in [1.54, 1.807) is 6.08 Å². The zero-order chi connectivity index (χ0) is 55.0. The Labute approximate surface area is 474 Å². The molecule has 3 N–H and O–H groups in total. The number of esters is 1. The minimum absolute atomic E-state index is 0.00449. The van der Waals surface area contributed by atoms with Crippen molar-refractivity contribution in [1.82, 2.24) is 5.32 Å². The van der Waals surface area contributed by atoms with E-state index in [0.717, 1.165) is 51.4 Å². The Balaban J connectivity index is 3.39. The largest absolute Gasteiger partial charge is 0.466 e. The highest BCUT2D eigenvalue weighted by molar-refractivity contribution is 5.76. The van der Waals surface area contributed by atoms with Gasteiger partial charge >= 0.3 is 5.97 Å². The number of hydrogen-bond donors (Lipinski definition) is 3. The van der Waals surface area contributed by atoms with Gasteiger partial charge in [-0.3, -0.25) is 9.59 Å². The minimum Gasteiger partial charge on any atom is -0.466 e. The van der Waals surface area contributed by atoms with Gasteiger partial charge in [-0.1, -0.05) is 306 Å². The van der Waals surface area contributed by atoms with Crippen molar-refractivity contribution in [1.29, 1.82) is 0 Å². The van der Waals surface area contributed by atoms with Gasteiger partial charge in [-0.2, -0.15) is 0 Å². The molecule has 0 saturated heterocycles. The summed E-state index contributed by atoms with van der Waals surface area (Å²) in [6.07, 6.45) is 84.7. The Kier molecular flexibility index (Phi) is 63.5. The van der Waals surface area contributed by atoms with Crippen LogP contribution in [0.3, 0.4) is 0 Å². The van der Waals surface area contributed by atoms with E-state index in [1.807, 2.05) is 6.08 Å². The first kappa shape index (κ1) is 73.8. The molecule has 0 radical (unpaired) electrons. The molecule has 0 rings (SSSR count). The lowest BCUT2D eigenvalue weighted by molar-refractivity contribution is -0.143. The van der Waals surface area contributed by atoms with Crippen LogP contribution in [0.25, 0.3) is 0 Å². The first-order chi connectivity index (χ1) is 37.5. The minimum atomic E-state index is -0.843. The lowest BCUT2D eigenvalue weighted by Gasteiger charge is -2.20. The lowest BCUT2D eigenvalue weighted by atomic mass is 10.0. The predicted molar refractivity (Wildman–Crippen MR) is 333 cm³/mol. The van der Waals surface area contributed by atoms with Crippen LogP contribution in [-0.2, 0) is 14.3 Å². The third-order valence-corrected chi connectivity index (χ3v) is 15.6. The summed E-state index contributed by atoms with van der Waals surface area (Å²) in [5.41, 5.74) is 0. The summed E-state index contributed by atoms with van der Waals surface area (Å²) in [6.45, 7) is 4.89. The average molecular weight is 1070 g/mol. The van der Waals surface area contributed by atoms with Crippen molar-refractivity contribution in [2.75, 3.05) is 13.2 Å². The fraction of sp³-hybridized carbons (Fsp3) is 0.857. The molecule has 2 atom stereocenters. The first-order valence-corrected chi connectivity index (χ1v) is 33.9. The van der Waals surface area contributed by atoms with Crippen LogP contribution < -0.4 is 5.32 Å². The number of carbonyl (C=O) groups excluding carboxylic acids is 2. The van der Waals surface area contributed by atoms with E-state index in [2.05, 4.69) is 55.6 Å². The van der Waals surface area contributed by atoms with E-state index >= 15 is 0 Å². The molecule has 0 bridgehead atoms. The maximum atomic E-state index is 12.5. The van der Waals surface area contributed by atoms with Gasteiger partial charge in [0.2, 0.25) is 5.91 Å². The molecule has 0 aromatic rings. The predicted octanol–water partition coefficient (Wildman–Crippen LogP) is 21.7. The van der Waals surface area contributed by atoms with Crippen molar-refractivity contribution >= 4 is 11.9 Å². The van der Waals surface area contributed by atoms with Crippen LogP contribution in [0.1, 0.15) is 361 Å². The third-order valence-electron chi connectivity index (χ3n) is 15.6. The molecule has 0 aliphatic carbocycles. The molecule has 1 amide bonds. The van der Waals surface area contributed by atoms with Crippen LogP contribution in [0.5, 0.6) is 0 Å². The van der Waals surface area contributed by atoms with Gasteiger partial charge in [0.15, 0.2) is 0 Å². The number of amides is 1. The smallest absolute Gasteiger partial charge is 0.305 e. The summed E-state index contributed by atoms with van der Waals surface area (Å²) < 4.78 is 5.47. The highest BCUT2D eigenvalue weighted by Gasteiger charge is 2.18. The number of aliphatic hydroxyl groups excluding tert-OH is 2. The maximum Gasteiger partial charge on any atom is 0.305 e. The molecule has 0 aromatic carbocycles. The molecule has 0 fully saturated rings. The average Bonchev–Trinajstić information content (AvgIpc) is 3.42. The maximum absolute atomic E-state index is 12.5. The van der Waals surface area contributed by atoms with Crippen molar-refractivity contribution in [2.45, 2.75) is 373 Å². The van der Waals surface area contributed by atoms with E-state index in [0.29, 0.717) is 19.4 Å². The zero-order valence-electron chi connectivity index (χ0n) is 51.0. The monoisotopic (exact) mass is 1070 g/mol. The second-order valence-electron chi connectivity index (χ2n) is 23.1. The first-order valence-electron chi connectivity index (χ1n) is 33.9. The molecule has 446 valence electrons. The SMILES string of the molecule is CCCCCC/C=C\CCCCCCCC(=O)OCCCCCCCCCCC/C=C\C/C=C\CCCCCCCCCCCCCCCCCCCC(=O)NC(CO)C(O)/C=C/CCCCCCCCCCCCC. The van der Waals surface area contributed by atoms with Crippen molar-refractivity contribution in [3.63, 3.8) is 0 Å². The molecule has 0 spiro atoms. The summed E-state index contributed by atoms with van der Waals surface area (Å²) >= 11 is 0. The number of allylic oxidation sites excluding steroid dienone is 7. The third kappa shape index (κ3) is 61.0. The molecule has 76 heavy (non-hydrogen) atoms. The van der Waals surface area contributed by atoms with E-state index in [9.17, 15) is 19.8 Å². The fourth-order valence-electron chi connectivity index (χ4n) is 10.4. The number of hydrogen-bond acceptors (Lipinski definition) is 5. The molecule has 6 nitrogen and oxygen atoms in total. The topological polar surface area (TPSA) is 95.9 Å². The van der Waals surface area contributed by atoms with Gasteiger partial charge in [0.1, 0.15) is 0 Å². The van der Waals surface area contributed by atoms with Crippen molar-refractivity contribution in [2.24, 2.45) is 0 Å². The van der Waals surface area contributed by atoms with Crippen molar-refractivity contribution < 1.29 is 24.5 Å². The van der Waals surface area contributed by atoms with Crippen LogP contribution >= 0.6 is 0 Å². The highest BCUT2D eigenvalue weighted by Crippen LogP contribution is 2.17. The molecule has 0 saturated carbocycles. The highest BCUT2D eigenvalue weighted by atomic mass is 16.5. The van der Waals surface area contributed by atoms with Crippen LogP contribution in [-0.4, -0.2) is 47.4 Å². The zero-order valence-corrected chi connectivity index (χ0v) is 51.0. The molecular weight excluding hydrogens is 935 g/mol. The van der Waals surface area contributed by atoms with Crippen LogP contribution in [0, 0.1) is 0 Å².